The summed E-state index contributed by atoms with van der Waals surface area (Å²) in [5, 5.41) is 7.38. The minimum atomic E-state index is -0.695. The van der Waals surface area contributed by atoms with Gasteiger partial charge in [0.15, 0.2) is 11.6 Å². The third-order valence-corrected chi connectivity index (χ3v) is 2.27. The maximum absolute atomic E-state index is 13.5. The van der Waals surface area contributed by atoms with E-state index in [9.17, 15) is 8.78 Å². The van der Waals surface area contributed by atoms with Gasteiger partial charge in [-0.2, -0.15) is 0 Å². The molecule has 0 aliphatic heterocycles. The highest BCUT2D eigenvalue weighted by atomic mass is 19.1. The van der Waals surface area contributed by atoms with Gasteiger partial charge in [-0.25, -0.2) is 13.5 Å². The fourth-order valence-corrected chi connectivity index (χ4v) is 1.49. The lowest BCUT2D eigenvalue weighted by Crippen LogP contribution is -2.05. The van der Waals surface area contributed by atoms with Crippen LogP contribution in [-0.2, 0) is 6.42 Å². The van der Waals surface area contributed by atoms with Crippen molar-refractivity contribution in [1.29, 1.82) is 0 Å². The second kappa shape index (κ2) is 3.88. The molecule has 0 radical (unpaired) electrons. The van der Waals surface area contributed by atoms with E-state index in [4.69, 9.17) is 5.73 Å². The highest BCUT2D eigenvalue weighted by Gasteiger charge is 2.13. The van der Waals surface area contributed by atoms with Crippen molar-refractivity contribution in [3.05, 3.63) is 35.5 Å². The minimum Gasteiger partial charge on any atom is -0.381 e. The van der Waals surface area contributed by atoms with Crippen molar-refractivity contribution < 1.29 is 8.78 Å². The first-order valence-electron chi connectivity index (χ1n) is 4.79. The molecule has 1 aromatic heterocycles. The zero-order valence-corrected chi connectivity index (χ0v) is 8.61. The van der Waals surface area contributed by atoms with E-state index in [0.29, 0.717) is 12.1 Å². The van der Waals surface area contributed by atoms with Crippen molar-refractivity contribution in [2.75, 3.05) is 5.73 Å². The monoisotopic (exact) mass is 224 g/mol. The molecule has 2 N–H and O–H groups in total. The Morgan fingerprint density at radius 3 is 2.75 bits per heavy atom. The van der Waals surface area contributed by atoms with Crippen LogP contribution in [0.3, 0.4) is 0 Å². The number of rotatable bonds is 2. The van der Waals surface area contributed by atoms with Crippen LogP contribution in [0, 0.1) is 11.6 Å². The molecular formula is C10H10F2N4. The van der Waals surface area contributed by atoms with Crippen LogP contribution in [0.2, 0.25) is 0 Å². The summed E-state index contributed by atoms with van der Waals surface area (Å²) < 4.78 is 27.5. The van der Waals surface area contributed by atoms with Crippen molar-refractivity contribution in [2.24, 2.45) is 0 Å². The fourth-order valence-electron chi connectivity index (χ4n) is 1.49. The standard InChI is InChI=1S/C10H10F2N4/c1-2-8-10(13)14-15-16(8)9-4-3-6(11)5-7(9)12/h3-5H,2,13H2,1H3. The van der Waals surface area contributed by atoms with Gasteiger partial charge in [-0.3, -0.25) is 0 Å². The molecule has 0 spiro atoms. The van der Waals surface area contributed by atoms with Crippen LogP contribution in [0.1, 0.15) is 12.6 Å². The van der Waals surface area contributed by atoms with Crippen LogP contribution in [0.4, 0.5) is 14.6 Å². The summed E-state index contributed by atoms with van der Waals surface area (Å²) in [5.74, 6) is -1.07. The van der Waals surface area contributed by atoms with E-state index in [-0.39, 0.29) is 11.5 Å². The summed E-state index contributed by atoms with van der Waals surface area (Å²) in [6, 6.07) is 3.26. The molecule has 1 aromatic carbocycles. The molecule has 4 nitrogen and oxygen atoms in total. The summed E-state index contributed by atoms with van der Waals surface area (Å²) in [4.78, 5) is 0. The van der Waals surface area contributed by atoms with Crippen LogP contribution in [-0.4, -0.2) is 15.0 Å². The first-order chi connectivity index (χ1) is 7.63. The molecule has 0 saturated carbocycles. The average Bonchev–Trinajstić information content (AvgIpc) is 2.59. The van der Waals surface area contributed by atoms with Crippen molar-refractivity contribution in [3.8, 4) is 5.69 Å². The van der Waals surface area contributed by atoms with Crippen molar-refractivity contribution in [3.63, 3.8) is 0 Å². The molecule has 84 valence electrons. The first kappa shape index (κ1) is 10.5. The molecule has 0 bridgehead atoms. The number of benzene rings is 1. The molecule has 0 saturated heterocycles. The summed E-state index contributed by atoms with van der Waals surface area (Å²) in [5.41, 5.74) is 6.32. The quantitative estimate of drug-likeness (QED) is 0.844. The Labute approximate surface area is 90.7 Å². The predicted molar refractivity (Wildman–Crippen MR) is 55.1 cm³/mol. The third-order valence-electron chi connectivity index (χ3n) is 2.27. The number of nitrogens with zero attached hydrogens (tertiary/aromatic N) is 3. The lowest BCUT2D eigenvalue weighted by Gasteiger charge is -2.05. The van der Waals surface area contributed by atoms with Crippen molar-refractivity contribution in [1.82, 2.24) is 15.0 Å². The van der Waals surface area contributed by atoms with Gasteiger partial charge in [-0.05, 0) is 18.6 Å². The predicted octanol–water partition coefficient (Wildman–Crippen LogP) is 1.69. The maximum atomic E-state index is 13.5. The van der Waals surface area contributed by atoms with E-state index in [0.717, 1.165) is 12.1 Å². The lowest BCUT2D eigenvalue weighted by molar-refractivity contribution is 0.569. The van der Waals surface area contributed by atoms with Gasteiger partial charge in [0.25, 0.3) is 0 Å². The average molecular weight is 224 g/mol. The number of nitrogen functional groups attached to an aromatic ring is 1. The van der Waals surface area contributed by atoms with E-state index in [2.05, 4.69) is 10.3 Å². The Morgan fingerprint density at radius 1 is 1.38 bits per heavy atom. The minimum absolute atomic E-state index is 0.141. The van der Waals surface area contributed by atoms with E-state index in [1.54, 1.807) is 0 Å². The van der Waals surface area contributed by atoms with Gasteiger partial charge < -0.3 is 5.73 Å². The Hall–Kier alpha value is -1.98. The topological polar surface area (TPSA) is 56.7 Å². The Balaban J connectivity index is 2.58. The smallest absolute Gasteiger partial charge is 0.169 e. The van der Waals surface area contributed by atoms with Gasteiger partial charge in [0.1, 0.15) is 11.5 Å². The summed E-state index contributed by atoms with van der Waals surface area (Å²) in [7, 11) is 0. The van der Waals surface area contributed by atoms with Gasteiger partial charge in [0, 0.05) is 6.07 Å². The largest absolute Gasteiger partial charge is 0.381 e. The number of halogens is 2. The zero-order chi connectivity index (χ0) is 11.7. The van der Waals surface area contributed by atoms with Crippen molar-refractivity contribution in [2.45, 2.75) is 13.3 Å². The number of anilines is 1. The van der Waals surface area contributed by atoms with Crippen molar-refractivity contribution >= 4 is 5.82 Å². The molecule has 16 heavy (non-hydrogen) atoms. The summed E-state index contributed by atoms with van der Waals surface area (Å²) in [6.45, 7) is 1.85. The highest BCUT2D eigenvalue weighted by Crippen LogP contribution is 2.18. The van der Waals surface area contributed by atoms with E-state index >= 15 is 0 Å². The normalized spacial score (nSPS) is 10.7. The highest BCUT2D eigenvalue weighted by molar-refractivity contribution is 5.41. The van der Waals surface area contributed by atoms with Crippen LogP contribution >= 0.6 is 0 Å². The Morgan fingerprint density at radius 2 is 2.12 bits per heavy atom. The molecule has 1 heterocycles. The molecule has 0 atom stereocenters. The van der Waals surface area contributed by atoms with Gasteiger partial charge in [-0.15, -0.1) is 5.10 Å². The number of nitrogens with two attached hydrogens (primary N) is 1. The van der Waals surface area contributed by atoms with E-state index < -0.39 is 11.6 Å². The number of hydrogen-bond donors (Lipinski definition) is 1. The zero-order valence-electron chi connectivity index (χ0n) is 8.61. The molecule has 0 aliphatic carbocycles. The van der Waals surface area contributed by atoms with Crippen LogP contribution in [0.15, 0.2) is 18.2 Å². The van der Waals surface area contributed by atoms with Gasteiger partial charge in [-0.1, -0.05) is 12.1 Å². The molecule has 0 aliphatic rings. The summed E-state index contributed by atoms with van der Waals surface area (Å²) in [6.07, 6.45) is 0.565. The van der Waals surface area contributed by atoms with Crippen LogP contribution < -0.4 is 5.73 Å². The number of aromatic nitrogens is 3. The molecule has 2 aromatic rings. The summed E-state index contributed by atoms with van der Waals surface area (Å²) >= 11 is 0. The molecule has 0 unspecified atom stereocenters. The third kappa shape index (κ3) is 1.62. The van der Waals surface area contributed by atoms with E-state index in [1.807, 2.05) is 6.92 Å². The SMILES string of the molecule is CCc1c(N)nnn1-c1ccc(F)cc1F. The molecule has 2 rings (SSSR count). The molecule has 0 fully saturated rings. The Kier molecular flexibility index (Phi) is 2.55. The molecule has 6 heteroatoms. The molecular weight excluding hydrogens is 214 g/mol. The maximum Gasteiger partial charge on any atom is 0.169 e. The van der Waals surface area contributed by atoms with Gasteiger partial charge in [0.05, 0.1) is 5.69 Å². The van der Waals surface area contributed by atoms with Gasteiger partial charge >= 0.3 is 0 Å². The fraction of sp³-hybridized carbons (Fsp3) is 0.200. The number of hydrogen-bond acceptors (Lipinski definition) is 3. The van der Waals surface area contributed by atoms with E-state index in [1.165, 1.54) is 10.7 Å². The second-order valence-electron chi connectivity index (χ2n) is 3.28. The second-order valence-corrected chi connectivity index (χ2v) is 3.28. The lowest BCUT2D eigenvalue weighted by atomic mass is 10.2. The van der Waals surface area contributed by atoms with Crippen LogP contribution in [0.25, 0.3) is 5.69 Å². The molecule has 0 amide bonds. The van der Waals surface area contributed by atoms with Crippen LogP contribution in [0.5, 0.6) is 0 Å². The Bertz CT molecular complexity index is 522. The van der Waals surface area contributed by atoms with Gasteiger partial charge in [0.2, 0.25) is 0 Å². The first-order valence-corrected chi connectivity index (χ1v) is 4.79.